The maximum absolute atomic E-state index is 12.5. The topological polar surface area (TPSA) is 82.0 Å². The molecule has 0 bridgehead atoms. The summed E-state index contributed by atoms with van der Waals surface area (Å²) in [6.45, 7) is 0.474. The van der Waals surface area contributed by atoms with E-state index in [1.54, 1.807) is 36.4 Å². The number of nitrogens with zero attached hydrogens (tertiary/aromatic N) is 1. The van der Waals surface area contributed by atoms with Crippen molar-refractivity contribution in [3.05, 3.63) is 64.7 Å². The Morgan fingerprint density at radius 2 is 1.57 bits per heavy atom. The maximum Gasteiger partial charge on any atom is 0.227 e. The van der Waals surface area contributed by atoms with Crippen LogP contribution in [0, 0.1) is 23.2 Å². The van der Waals surface area contributed by atoms with Crippen molar-refractivity contribution in [3.63, 3.8) is 0 Å². The molecule has 1 saturated carbocycles. The lowest BCUT2D eigenvalue weighted by molar-refractivity contribution is -0.128. The SMILES string of the molecule is N#Cc1ccccc1NC(=O)C1CCC(C(=O)NCc2ccc(Cl)cc2)CC1. The number of halogens is 1. The molecule has 144 valence electrons. The smallest absolute Gasteiger partial charge is 0.227 e. The Hall–Kier alpha value is -2.84. The standard InChI is InChI=1S/C22H22ClN3O2/c23-19-11-5-15(6-12-19)14-25-21(27)16-7-9-17(10-8-16)22(28)26-20-4-2-1-3-18(20)13-24/h1-6,11-12,16-17H,7-10,14H2,(H,25,27)(H,26,28). The van der Waals surface area contributed by atoms with Gasteiger partial charge in [-0.1, -0.05) is 35.9 Å². The number of benzene rings is 2. The Kier molecular flexibility index (Phi) is 6.67. The molecule has 3 rings (SSSR count). The molecule has 0 aromatic heterocycles. The van der Waals surface area contributed by atoms with Gasteiger partial charge in [-0.3, -0.25) is 9.59 Å². The fourth-order valence-electron chi connectivity index (χ4n) is 3.48. The number of nitriles is 1. The van der Waals surface area contributed by atoms with Gasteiger partial charge in [0, 0.05) is 23.4 Å². The molecule has 2 amide bonds. The third-order valence-electron chi connectivity index (χ3n) is 5.15. The first-order chi connectivity index (χ1) is 13.6. The molecule has 2 aromatic carbocycles. The van der Waals surface area contributed by atoms with E-state index >= 15 is 0 Å². The number of nitrogens with one attached hydrogen (secondary N) is 2. The van der Waals surface area contributed by atoms with E-state index in [0.29, 0.717) is 48.5 Å². The molecular formula is C22H22ClN3O2. The van der Waals surface area contributed by atoms with Crippen LogP contribution in [0.1, 0.15) is 36.8 Å². The second-order valence-electron chi connectivity index (χ2n) is 7.04. The summed E-state index contributed by atoms with van der Waals surface area (Å²) < 4.78 is 0. The molecule has 0 radical (unpaired) electrons. The van der Waals surface area contributed by atoms with Crippen LogP contribution in [0.3, 0.4) is 0 Å². The molecule has 0 spiro atoms. The number of para-hydroxylation sites is 1. The van der Waals surface area contributed by atoms with Crippen LogP contribution in [0.5, 0.6) is 0 Å². The molecule has 28 heavy (non-hydrogen) atoms. The molecule has 0 saturated heterocycles. The molecule has 0 heterocycles. The molecule has 6 heteroatoms. The minimum absolute atomic E-state index is 0.0311. The van der Waals surface area contributed by atoms with Crippen molar-refractivity contribution in [3.8, 4) is 6.07 Å². The van der Waals surface area contributed by atoms with Gasteiger partial charge in [0.05, 0.1) is 11.3 Å². The Labute approximate surface area is 169 Å². The first-order valence-corrected chi connectivity index (χ1v) is 9.76. The van der Waals surface area contributed by atoms with Crippen molar-refractivity contribution in [2.75, 3.05) is 5.32 Å². The van der Waals surface area contributed by atoms with Crippen molar-refractivity contribution in [2.45, 2.75) is 32.2 Å². The highest BCUT2D eigenvalue weighted by atomic mass is 35.5. The number of carbonyl (C=O) groups is 2. The number of hydrogen-bond donors (Lipinski definition) is 2. The third-order valence-corrected chi connectivity index (χ3v) is 5.41. The van der Waals surface area contributed by atoms with Crippen LogP contribution in [0.25, 0.3) is 0 Å². The average molecular weight is 396 g/mol. The molecule has 0 unspecified atom stereocenters. The van der Waals surface area contributed by atoms with Crippen LogP contribution in [-0.2, 0) is 16.1 Å². The molecule has 1 fully saturated rings. The van der Waals surface area contributed by atoms with Gasteiger partial charge in [-0.15, -0.1) is 0 Å². The highest BCUT2D eigenvalue weighted by Crippen LogP contribution is 2.30. The summed E-state index contributed by atoms with van der Waals surface area (Å²) in [7, 11) is 0. The lowest BCUT2D eigenvalue weighted by Crippen LogP contribution is -2.35. The summed E-state index contributed by atoms with van der Waals surface area (Å²) in [4.78, 5) is 24.9. The molecule has 2 aromatic rings. The Morgan fingerprint density at radius 3 is 2.21 bits per heavy atom. The Bertz CT molecular complexity index is 881. The van der Waals surface area contributed by atoms with E-state index in [2.05, 4.69) is 16.7 Å². The molecule has 0 atom stereocenters. The lowest BCUT2D eigenvalue weighted by atomic mass is 9.81. The number of hydrogen-bond acceptors (Lipinski definition) is 3. The summed E-state index contributed by atoms with van der Waals surface area (Å²) >= 11 is 5.87. The van der Waals surface area contributed by atoms with E-state index in [4.69, 9.17) is 16.9 Å². The zero-order valence-corrected chi connectivity index (χ0v) is 16.2. The van der Waals surface area contributed by atoms with Crippen molar-refractivity contribution in [1.29, 1.82) is 5.26 Å². The summed E-state index contributed by atoms with van der Waals surface area (Å²) in [6, 6.07) is 16.4. The summed E-state index contributed by atoms with van der Waals surface area (Å²) in [6.07, 6.45) is 2.70. The van der Waals surface area contributed by atoms with Gasteiger partial charge in [-0.25, -0.2) is 0 Å². The molecule has 0 aliphatic heterocycles. The first-order valence-electron chi connectivity index (χ1n) is 9.39. The predicted octanol–water partition coefficient (Wildman–Crippen LogP) is 4.27. The van der Waals surface area contributed by atoms with Crippen molar-refractivity contribution < 1.29 is 9.59 Å². The second kappa shape index (κ2) is 9.38. The predicted molar refractivity (Wildman–Crippen MR) is 109 cm³/mol. The molecule has 5 nitrogen and oxygen atoms in total. The van der Waals surface area contributed by atoms with Crippen LogP contribution in [-0.4, -0.2) is 11.8 Å². The molecular weight excluding hydrogens is 374 g/mol. The zero-order valence-electron chi connectivity index (χ0n) is 15.5. The highest BCUT2D eigenvalue weighted by Gasteiger charge is 2.30. The van der Waals surface area contributed by atoms with E-state index in [0.717, 1.165) is 5.56 Å². The minimum atomic E-state index is -0.132. The van der Waals surface area contributed by atoms with Crippen molar-refractivity contribution in [2.24, 2.45) is 11.8 Å². The van der Waals surface area contributed by atoms with Gasteiger partial charge in [0.15, 0.2) is 0 Å². The number of carbonyl (C=O) groups excluding carboxylic acids is 2. The molecule has 1 aliphatic carbocycles. The van der Waals surface area contributed by atoms with Gasteiger partial charge in [-0.05, 0) is 55.5 Å². The van der Waals surface area contributed by atoms with Crippen molar-refractivity contribution in [1.82, 2.24) is 5.32 Å². The van der Waals surface area contributed by atoms with Gasteiger partial charge in [-0.2, -0.15) is 5.26 Å². The van der Waals surface area contributed by atoms with E-state index in [-0.39, 0.29) is 23.7 Å². The fourth-order valence-corrected chi connectivity index (χ4v) is 3.60. The number of anilines is 1. The number of rotatable bonds is 5. The van der Waals surface area contributed by atoms with Gasteiger partial charge < -0.3 is 10.6 Å². The summed E-state index contributed by atoms with van der Waals surface area (Å²) in [5.74, 6) is -0.249. The van der Waals surface area contributed by atoms with Gasteiger partial charge in [0.1, 0.15) is 6.07 Å². The van der Waals surface area contributed by atoms with E-state index in [1.165, 1.54) is 0 Å². The summed E-state index contributed by atoms with van der Waals surface area (Å²) in [5.41, 5.74) is 1.99. The van der Waals surface area contributed by atoms with E-state index in [9.17, 15) is 9.59 Å². The fraction of sp³-hybridized carbons (Fsp3) is 0.318. The Balaban J connectivity index is 1.47. The minimum Gasteiger partial charge on any atom is -0.352 e. The van der Waals surface area contributed by atoms with Crippen LogP contribution in [0.2, 0.25) is 5.02 Å². The Morgan fingerprint density at radius 1 is 0.964 bits per heavy atom. The van der Waals surface area contributed by atoms with E-state index in [1.807, 2.05) is 12.1 Å². The van der Waals surface area contributed by atoms with Crippen LogP contribution in [0.15, 0.2) is 48.5 Å². The molecule has 2 N–H and O–H groups in total. The zero-order chi connectivity index (χ0) is 19.9. The van der Waals surface area contributed by atoms with Gasteiger partial charge >= 0.3 is 0 Å². The number of amides is 2. The summed E-state index contributed by atoms with van der Waals surface area (Å²) in [5, 5.41) is 15.6. The van der Waals surface area contributed by atoms with Gasteiger partial charge in [0.25, 0.3) is 0 Å². The third kappa shape index (κ3) is 5.11. The van der Waals surface area contributed by atoms with Crippen LogP contribution >= 0.6 is 11.6 Å². The van der Waals surface area contributed by atoms with Crippen molar-refractivity contribution >= 4 is 29.1 Å². The normalized spacial score (nSPS) is 18.7. The second-order valence-corrected chi connectivity index (χ2v) is 7.48. The average Bonchev–Trinajstić information content (AvgIpc) is 2.73. The van der Waals surface area contributed by atoms with E-state index < -0.39 is 0 Å². The largest absolute Gasteiger partial charge is 0.352 e. The maximum atomic E-state index is 12.5. The highest BCUT2D eigenvalue weighted by molar-refractivity contribution is 6.30. The first kappa shape index (κ1) is 19.9. The quantitative estimate of drug-likeness (QED) is 0.792. The molecule has 1 aliphatic rings. The lowest BCUT2D eigenvalue weighted by Gasteiger charge is -2.27. The monoisotopic (exact) mass is 395 g/mol. The van der Waals surface area contributed by atoms with Crippen LogP contribution < -0.4 is 10.6 Å². The van der Waals surface area contributed by atoms with Crippen LogP contribution in [0.4, 0.5) is 5.69 Å². The van der Waals surface area contributed by atoms with Gasteiger partial charge in [0.2, 0.25) is 11.8 Å².